The van der Waals surface area contributed by atoms with Gasteiger partial charge in [0.2, 0.25) is 0 Å². The van der Waals surface area contributed by atoms with Gasteiger partial charge in [0.15, 0.2) is 5.96 Å². The predicted molar refractivity (Wildman–Crippen MR) is 138 cm³/mol. The first kappa shape index (κ1) is 26.4. The maximum Gasteiger partial charge on any atom is 0.191 e. The molecule has 0 amide bonds. The molecule has 7 heteroatoms. The molecule has 0 radical (unpaired) electrons. The number of halogens is 1. The molecule has 0 bridgehead atoms. The number of para-hydroxylation sites is 1. The Hall–Kier alpha value is -1.61. The van der Waals surface area contributed by atoms with Crippen LogP contribution in [-0.4, -0.2) is 53.4 Å². The Morgan fingerprint density at radius 3 is 2.50 bits per heavy atom. The van der Waals surface area contributed by atoms with Crippen molar-refractivity contribution in [3.05, 3.63) is 47.3 Å². The average molecular weight is 527 g/mol. The van der Waals surface area contributed by atoms with Gasteiger partial charge in [-0.3, -0.25) is 4.99 Å². The van der Waals surface area contributed by atoms with Crippen LogP contribution in [0.4, 0.5) is 0 Å². The van der Waals surface area contributed by atoms with Gasteiger partial charge in [0.05, 0.1) is 11.4 Å². The van der Waals surface area contributed by atoms with Crippen molar-refractivity contribution >= 4 is 29.9 Å². The van der Waals surface area contributed by atoms with Gasteiger partial charge in [-0.25, -0.2) is 4.68 Å². The van der Waals surface area contributed by atoms with E-state index >= 15 is 0 Å². The van der Waals surface area contributed by atoms with Crippen LogP contribution in [0.3, 0.4) is 0 Å². The molecule has 0 aliphatic carbocycles. The highest BCUT2D eigenvalue weighted by Gasteiger charge is 2.10. The van der Waals surface area contributed by atoms with E-state index < -0.39 is 0 Å². The fourth-order valence-corrected chi connectivity index (χ4v) is 3.58. The standard InChI is InChI=1S/C23H38N6.HI/c1-7-28(8-2)15-11-12-18(3)26-23(24-6)25-17-21-13-9-10-14-22(21)29-20(5)16-19(4)27-29;/h9-10,13-14,16,18H,7-8,11-12,15,17H2,1-6H3,(H2,24,25,26);1H. The fraction of sp³-hybridized carbons (Fsp3) is 0.565. The van der Waals surface area contributed by atoms with E-state index in [1.54, 1.807) is 0 Å². The summed E-state index contributed by atoms with van der Waals surface area (Å²) in [5.74, 6) is 0.837. The molecule has 2 aromatic rings. The molecule has 0 aliphatic rings. The van der Waals surface area contributed by atoms with E-state index in [1.165, 1.54) is 12.0 Å². The second-order valence-electron chi connectivity index (χ2n) is 7.61. The lowest BCUT2D eigenvalue weighted by atomic mass is 10.1. The van der Waals surface area contributed by atoms with Gasteiger partial charge in [-0.15, -0.1) is 24.0 Å². The second kappa shape index (κ2) is 13.6. The first-order chi connectivity index (χ1) is 14.0. The van der Waals surface area contributed by atoms with Crippen LogP contribution in [0.2, 0.25) is 0 Å². The summed E-state index contributed by atoms with van der Waals surface area (Å²) in [5.41, 5.74) is 4.46. The Labute approximate surface area is 199 Å². The Morgan fingerprint density at radius 1 is 1.20 bits per heavy atom. The molecule has 1 unspecified atom stereocenters. The highest BCUT2D eigenvalue weighted by molar-refractivity contribution is 14.0. The van der Waals surface area contributed by atoms with E-state index in [4.69, 9.17) is 0 Å². The molecular formula is C23H39IN6. The number of rotatable bonds is 10. The molecule has 1 atom stereocenters. The maximum atomic E-state index is 4.64. The predicted octanol–water partition coefficient (Wildman–Crippen LogP) is 4.28. The number of nitrogens with zero attached hydrogens (tertiary/aromatic N) is 4. The zero-order chi connectivity index (χ0) is 21.2. The van der Waals surface area contributed by atoms with Gasteiger partial charge in [-0.05, 0) is 70.9 Å². The van der Waals surface area contributed by atoms with Gasteiger partial charge in [0, 0.05) is 25.3 Å². The number of hydrogen-bond donors (Lipinski definition) is 2. The minimum atomic E-state index is 0. The Morgan fingerprint density at radius 2 is 1.90 bits per heavy atom. The van der Waals surface area contributed by atoms with Crippen LogP contribution in [0.25, 0.3) is 5.69 Å². The van der Waals surface area contributed by atoms with Gasteiger partial charge >= 0.3 is 0 Å². The molecule has 6 nitrogen and oxygen atoms in total. The molecule has 0 saturated heterocycles. The number of nitrogens with one attached hydrogen (secondary N) is 2. The molecule has 0 aliphatic heterocycles. The summed E-state index contributed by atoms with van der Waals surface area (Å²) in [7, 11) is 1.82. The summed E-state index contributed by atoms with van der Waals surface area (Å²) in [6.07, 6.45) is 2.31. The Balaban J connectivity index is 0.00000450. The van der Waals surface area contributed by atoms with Gasteiger partial charge in [0.25, 0.3) is 0 Å². The maximum absolute atomic E-state index is 4.64. The van der Waals surface area contributed by atoms with Crippen molar-refractivity contribution in [1.82, 2.24) is 25.3 Å². The zero-order valence-corrected chi connectivity index (χ0v) is 21.7. The first-order valence-corrected chi connectivity index (χ1v) is 10.8. The highest BCUT2D eigenvalue weighted by Crippen LogP contribution is 2.16. The van der Waals surface area contributed by atoms with Crippen LogP contribution in [0.1, 0.15) is 50.6 Å². The van der Waals surface area contributed by atoms with E-state index in [0.717, 1.165) is 49.1 Å². The molecule has 0 saturated carbocycles. The molecule has 0 spiro atoms. The number of aryl methyl sites for hydroxylation is 2. The molecule has 30 heavy (non-hydrogen) atoms. The molecular weight excluding hydrogens is 487 g/mol. The van der Waals surface area contributed by atoms with Gasteiger partial charge in [-0.2, -0.15) is 5.10 Å². The molecule has 2 N–H and O–H groups in total. The van der Waals surface area contributed by atoms with Crippen molar-refractivity contribution < 1.29 is 0 Å². The lowest BCUT2D eigenvalue weighted by Crippen LogP contribution is -2.42. The van der Waals surface area contributed by atoms with Crippen molar-refractivity contribution in [3.63, 3.8) is 0 Å². The van der Waals surface area contributed by atoms with Crippen molar-refractivity contribution in [3.8, 4) is 5.69 Å². The Kier molecular flexibility index (Phi) is 12.0. The van der Waals surface area contributed by atoms with Crippen molar-refractivity contribution in [2.24, 2.45) is 4.99 Å². The quantitative estimate of drug-likeness (QED) is 0.276. The molecule has 1 heterocycles. The average Bonchev–Trinajstić information content (AvgIpc) is 3.06. The minimum Gasteiger partial charge on any atom is -0.354 e. The van der Waals surface area contributed by atoms with E-state index in [9.17, 15) is 0 Å². The Bertz CT molecular complexity index is 782. The van der Waals surface area contributed by atoms with E-state index in [2.05, 4.69) is 83.7 Å². The lowest BCUT2D eigenvalue weighted by Gasteiger charge is -2.21. The van der Waals surface area contributed by atoms with Crippen molar-refractivity contribution in [1.29, 1.82) is 0 Å². The summed E-state index contributed by atoms with van der Waals surface area (Å²) in [5, 5.41) is 11.6. The van der Waals surface area contributed by atoms with E-state index in [0.29, 0.717) is 12.6 Å². The monoisotopic (exact) mass is 526 g/mol. The van der Waals surface area contributed by atoms with E-state index in [-0.39, 0.29) is 24.0 Å². The minimum absolute atomic E-state index is 0. The highest BCUT2D eigenvalue weighted by atomic mass is 127. The fourth-order valence-electron chi connectivity index (χ4n) is 3.58. The molecule has 0 fully saturated rings. The third kappa shape index (κ3) is 7.91. The smallest absolute Gasteiger partial charge is 0.191 e. The van der Waals surface area contributed by atoms with E-state index in [1.807, 2.05) is 18.7 Å². The summed E-state index contributed by atoms with van der Waals surface area (Å²) >= 11 is 0. The van der Waals surface area contributed by atoms with Crippen molar-refractivity contribution in [2.75, 3.05) is 26.7 Å². The molecule has 1 aromatic carbocycles. The van der Waals surface area contributed by atoms with Crippen molar-refractivity contribution in [2.45, 2.75) is 60.0 Å². The zero-order valence-electron chi connectivity index (χ0n) is 19.4. The van der Waals surface area contributed by atoms with Gasteiger partial charge < -0.3 is 15.5 Å². The normalized spacial score (nSPS) is 12.6. The third-order valence-corrected chi connectivity index (χ3v) is 5.29. The summed E-state index contributed by atoms with van der Waals surface area (Å²) in [6.45, 7) is 14.9. The number of benzene rings is 1. The summed E-state index contributed by atoms with van der Waals surface area (Å²) in [4.78, 5) is 6.87. The number of hydrogen-bond acceptors (Lipinski definition) is 3. The van der Waals surface area contributed by atoms with Gasteiger partial charge in [-0.1, -0.05) is 32.0 Å². The van der Waals surface area contributed by atoms with Crippen LogP contribution in [-0.2, 0) is 6.54 Å². The third-order valence-electron chi connectivity index (χ3n) is 5.29. The lowest BCUT2D eigenvalue weighted by molar-refractivity contribution is 0.292. The summed E-state index contributed by atoms with van der Waals surface area (Å²) < 4.78 is 2.01. The summed E-state index contributed by atoms with van der Waals surface area (Å²) in [6, 6.07) is 10.9. The largest absolute Gasteiger partial charge is 0.354 e. The molecule has 168 valence electrons. The van der Waals surface area contributed by atoms with Crippen LogP contribution in [0, 0.1) is 13.8 Å². The van der Waals surface area contributed by atoms with Crippen LogP contribution < -0.4 is 10.6 Å². The number of aromatic nitrogens is 2. The number of guanidine groups is 1. The second-order valence-corrected chi connectivity index (χ2v) is 7.61. The first-order valence-electron chi connectivity index (χ1n) is 10.8. The van der Waals surface area contributed by atoms with Crippen LogP contribution >= 0.6 is 24.0 Å². The van der Waals surface area contributed by atoms with Crippen LogP contribution in [0.5, 0.6) is 0 Å². The number of aliphatic imine (C=N–C) groups is 1. The SMILES string of the molecule is CCN(CC)CCCC(C)NC(=NC)NCc1ccccc1-n1nc(C)cc1C.I. The van der Waals surface area contributed by atoms with Crippen LogP contribution in [0.15, 0.2) is 35.3 Å². The molecule has 2 rings (SSSR count). The van der Waals surface area contributed by atoms with Gasteiger partial charge in [0.1, 0.15) is 0 Å². The molecule has 1 aromatic heterocycles. The topological polar surface area (TPSA) is 57.5 Å².